The Balaban J connectivity index is 2.02. The first kappa shape index (κ1) is 13.0. The Labute approximate surface area is 108 Å². The van der Waals surface area contributed by atoms with Gasteiger partial charge in [-0.3, -0.25) is 9.78 Å². The van der Waals surface area contributed by atoms with E-state index in [0.717, 1.165) is 25.2 Å². The summed E-state index contributed by atoms with van der Waals surface area (Å²) >= 11 is 0. The predicted octanol–water partition coefficient (Wildman–Crippen LogP) is 1.43. The van der Waals surface area contributed by atoms with Crippen molar-refractivity contribution in [2.45, 2.75) is 32.9 Å². The average molecular weight is 247 g/mol. The fourth-order valence-corrected chi connectivity index (χ4v) is 2.39. The van der Waals surface area contributed by atoms with Crippen LogP contribution in [-0.2, 0) is 11.3 Å². The van der Waals surface area contributed by atoms with Crippen molar-refractivity contribution in [3.8, 4) is 0 Å². The lowest BCUT2D eigenvalue weighted by Crippen LogP contribution is -2.45. The van der Waals surface area contributed by atoms with E-state index in [-0.39, 0.29) is 11.9 Å². The second kappa shape index (κ2) is 5.96. The fraction of sp³-hybridized carbons (Fsp3) is 0.571. The van der Waals surface area contributed by atoms with Crippen molar-refractivity contribution in [3.05, 3.63) is 30.1 Å². The minimum Gasteiger partial charge on any atom is -0.336 e. The Kier molecular flexibility index (Phi) is 4.31. The van der Waals surface area contributed by atoms with E-state index in [1.54, 1.807) is 6.20 Å². The second-order valence-electron chi connectivity index (χ2n) is 4.87. The Morgan fingerprint density at radius 3 is 2.94 bits per heavy atom. The van der Waals surface area contributed by atoms with Gasteiger partial charge in [0.05, 0.1) is 18.3 Å². The topological polar surface area (TPSA) is 45.2 Å². The highest BCUT2D eigenvalue weighted by atomic mass is 16.2. The smallest absolute Gasteiger partial charge is 0.240 e. The molecule has 98 valence electrons. The van der Waals surface area contributed by atoms with Crippen molar-refractivity contribution in [2.75, 3.05) is 13.1 Å². The predicted molar refractivity (Wildman–Crippen MR) is 70.9 cm³/mol. The van der Waals surface area contributed by atoms with Gasteiger partial charge in [0.2, 0.25) is 5.91 Å². The molecule has 0 saturated carbocycles. The first-order valence-electron chi connectivity index (χ1n) is 6.64. The fourth-order valence-electron chi connectivity index (χ4n) is 2.39. The van der Waals surface area contributed by atoms with Crippen LogP contribution in [0.2, 0.25) is 0 Å². The quantitative estimate of drug-likeness (QED) is 0.875. The Hall–Kier alpha value is -1.42. The van der Waals surface area contributed by atoms with Crippen molar-refractivity contribution in [3.63, 3.8) is 0 Å². The van der Waals surface area contributed by atoms with Crippen LogP contribution < -0.4 is 5.32 Å². The number of likely N-dealkylation sites (N-methyl/N-ethyl adjacent to an activating group) is 1. The lowest BCUT2D eigenvalue weighted by Gasteiger charge is -2.26. The highest BCUT2D eigenvalue weighted by Gasteiger charge is 2.32. The van der Waals surface area contributed by atoms with E-state index >= 15 is 0 Å². The van der Waals surface area contributed by atoms with Crippen LogP contribution in [0.15, 0.2) is 24.4 Å². The lowest BCUT2D eigenvalue weighted by atomic mass is 10.0. The van der Waals surface area contributed by atoms with Crippen LogP contribution in [0.3, 0.4) is 0 Å². The summed E-state index contributed by atoms with van der Waals surface area (Å²) in [7, 11) is 0. The molecule has 0 radical (unpaired) electrons. The molecule has 1 N–H and O–H groups in total. The summed E-state index contributed by atoms with van der Waals surface area (Å²) in [6, 6.07) is 5.79. The van der Waals surface area contributed by atoms with Crippen molar-refractivity contribution in [1.82, 2.24) is 15.2 Å². The SMILES string of the molecule is CCN(Cc1ccccn1)C(=O)C1NCCC1C. The summed E-state index contributed by atoms with van der Waals surface area (Å²) in [6.45, 7) is 6.41. The van der Waals surface area contributed by atoms with Gasteiger partial charge in [0.1, 0.15) is 0 Å². The van der Waals surface area contributed by atoms with E-state index in [4.69, 9.17) is 0 Å². The van der Waals surface area contributed by atoms with Crippen LogP contribution in [0, 0.1) is 5.92 Å². The minimum absolute atomic E-state index is 0.0198. The van der Waals surface area contributed by atoms with E-state index in [9.17, 15) is 4.79 Å². The number of carbonyl (C=O) groups excluding carboxylic acids is 1. The van der Waals surface area contributed by atoms with E-state index in [2.05, 4.69) is 17.2 Å². The van der Waals surface area contributed by atoms with Gasteiger partial charge in [-0.25, -0.2) is 0 Å². The van der Waals surface area contributed by atoms with Gasteiger partial charge in [-0.15, -0.1) is 0 Å². The molecule has 4 heteroatoms. The summed E-state index contributed by atoms with van der Waals surface area (Å²) in [4.78, 5) is 18.6. The largest absolute Gasteiger partial charge is 0.336 e. The summed E-state index contributed by atoms with van der Waals surface area (Å²) < 4.78 is 0. The molecule has 2 rings (SSSR count). The van der Waals surface area contributed by atoms with Gasteiger partial charge in [0.15, 0.2) is 0 Å². The molecule has 1 aromatic heterocycles. The van der Waals surface area contributed by atoms with Crippen LogP contribution in [0.5, 0.6) is 0 Å². The van der Waals surface area contributed by atoms with Crippen LogP contribution >= 0.6 is 0 Å². The molecule has 2 unspecified atom stereocenters. The first-order valence-corrected chi connectivity index (χ1v) is 6.64. The number of hydrogen-bond donors (Lipinski definition) is 1. The van der Waals surface area contributed by atoms with Gasteiger partial charge >= 0.3 is 0 Å². The second-order valence-corrected chi connectivity index (χ2v) is 4.87. The van der Waals surface area contributed by atoms with Gasteiger partial charge in [0, 0.05) is 12.7 Å². The van der Waals surface area contributed by atoms with Crippen LogP contribution in [-0.4, -0.2) is 34.9 Å². The maximum atomic E-state index is 12.4. The summed E-state index contributed by atoms with van der Waals surface area (Å²) in [5, 5.41) is 3.30. The van der Waals surface area contributed by atoms with E-state index in [0.29, 0.717) is 12.5 Å². The number of pyridine rings is 1. The summed E-state index contributed by atoms with van der Waals surface area (Å²) in [6.07, 6.45) is 2.85. The molecule has 4 nitrogen and oxygen atoms in total. The molecule has 0 bridgehead atoms. The average Bonchev–Trinajstić information content (AvgIpc) is 2.82. The molecular formula is C14H21N3O. The number of carbonyl (C=O) groups is 1. The van der Waals surface area contributed by atoms with Crippen LogP contribution in [0.4, 0.5) is 0 Å². The molecule has 1 fully saturated rings. The number of rotatable bonds is 4. The van der Waals surface area contributed by atoms with Gasteiger partial charge < -0.3 is 10.2 Å². The highest BCUT2D eigenvalue weighted by molar-refractivity contribution is 5.82. The van der Waals surface area contributed by atoms with Gasteiger partial charge in [0.25, 0.3) is 0 Å². The molecule has 1 aliphatic heterocycles. The molecule has 2 atom stereocenters. The zero-order valence-electron chi connectivity index (χ0n) is 11.1. The number of nitrogens with zero attached hydrogens (tertiary/aromatic N) is 2. The van der Waals surface area contributed by atoms with E-state index < -0.39 is 0 Å². The Morgan fingerprint density at radius 2 is 2.39 bits per heavy atom. The van der Waals surface area contributed by atoms with Crippen molar-refractivity contribution in [2.24, 2.45) is 5.92 Å². The maximum absolute atomic E-state index is 12.4. The monoisotopic (exact) mass is 247 g/mol. The van der Waals surface area contributed by atoms with Gasteiger partial charge in [-0.2, -0.15) is 0 Å². The standard InChI is InChI=1S/C14H21N3O/c1-3-17(10-12-6-4-5-8-15-12)14(18)13-11(2)7-9-16-13/h4-6,8,11,13,16H,3,7,9-10H2,1-2H3. The normalized spacial score (nSPS) is 23.0. The highest BCUT2D eigenvalue weighted by Crippen LogP contribution is 2.17. The Bertz CT molecular complexity index is 393. The molecule has 0 aromatic carbocycles. The molecule has 0 spiro atoms. The summed E-state index contributed by atoms with van der Waals surface area (Å²) in [5.74, 6) is 0.628. The lowest BCUT2D eigenvalue weighted by molar-refractivity contribution is -0.134. The third-order valence-corrected chi connectivity index (χ3v) is 3.57. The van der Waals surface area contributed by atoms with Crippen molar-refractivity contribution in [1.29, 1.82) is 0 Å². The molecular weight excluding hydrogens is 226 g/mol. The summed E-state index contributed by atoms with van der Waals surface area (Å²) in [5.41, 5.74) is 0.943. The third kappa shape index (κ3) is 2.88. The van der Waals surface area contributed by atoms with Crippen LogP contribution in [0.1, 0.15) is 26.0 Å². The third-order valence-electron chi connectivity index (χ3n) is 3.57. The van der Waals surface area contributed by atoms with Crippen LogP contribution in [0.25, 0.3) is 0 Å². The molecule has 1 aromatic rings. The zero-order chi connectivity index (χ0) is 13.0. The minimum atomic E-state index is -0.0198. The first-order chi connectivity index (χ1) is 8.72. The van der Waals surface area contributed by atoms with Gasteiger partial charge in [-0.05, 0) is 37.9 Å². The molecule has 18 heavy (non-hydrogen) atoms. The number of aromatic nitrogens is 1. The van der Waals surface area contributed by atoms with E-state index in [1.165, 1.54) is 0 Å². The van der Waals surface area contributed by atoms with E-state index in [1.807, 2.05) is 30.0 Å². The number of amides is 1. The number of hydrogen-bond acceptors (Lipinski definition) is 3. The van der Waals surface area contributed by atoms with Crippen molar-refractivity contribution >= 4 is 5.91 Å². The Morgan fingerprint density at radius 1 is 1.56 bits per heavy atom. The van der Waals surface area contributed by atoms with Crippen molar-refractivity contribution < 1.29 is 4.79 Å². The molecule has 2 heterocycles. The number of nitrogens with one attached hydrogen (secondary N) is 1. The molecule has 0 aliphatic carbocycles. The molecule has 1 aliphatic rings. The van der Waals surface area contributed by atoms with Gasteiger partial charge in [-0.1, -0.05) is 13.0 Å². The molecule has 1 saturated heterocycles. The zero-order valence-corrected chi connectivity index (χ0v) is 11.1. The maximum Gasteiger partial charge on any atom is 0.240 e. The molecule has 1 amide bonds.